The minimum Gasteiger partial charge on any atom is -0.393 e. The fourth-order valence-electron chi connectivity index (χ4n) is 2.77. The van der Waals surface area contributed by atoms with Gasteiger partial charge in [0.25, 0.3) is 0 Å². The summed E-state index contributed by atoms with van der Waals surface area (Å²) in [6.07, 6.45) is 4.24. The number of benzene rings is 2. The molecule has 0 atom stereocenters. The van der Waals surface area contributed by atoms with Gasteiger partial charge in [-0.15, -0.1) is 0 Å². The van der Waals surface area contributed by atoms with Crippen molar-refractivity contribution in [1.82, 2.24) is 19.5 Å². The fourth-order valence-corrected chi connectivity index (χ4v) is 2.77. The number of imidazole rings is 1. The molecule has 6 heteroatoms. The average Bonchev–Trinajstić information content (AvgIpc) is 3.08. The number of nitrogens with one attached hydrogen (secondary N) is 1. The molecule has 0 aliphatic rings. The van der Waals surface area contributed by atoms with Crippen LogP contribution in [-0.4, -0.2) is 19.5 Å². The summed E-state index contributed by atoms with van der Waals surface area (Å²) in [5.41, 5.74) is 10.9. The maximum absolute atomic E-state index is 6.33. The van der Waals surface area contributed by atoms with Crippen molar-refractivity contribution in [2.45, 2.75) is 13.3 Å². The molecule has 4 rings (SSSR count). The molecule has 3 N–H and O–H groups in total. The monoisotopic (exact) mass is 330 g/mol. The molecule has 0 bridgehead atoms. The summed E-state index contributed by atoms with van der Waals surface area (Å²) >= 11 is 0. The fraction of sp³-hybridized carbons (Fsp3) is 0.105. The van der Waals surface area contributed by atoms with Crippen LogP contribution in [0, 0.1) is 0 Å². The second kappa shape index (κ2) is 6.24. The number of hydrogen-bond acceptors (Lipinski definition) is 5. The summed E-state index contributed by atoms with van der Waals surface area (Å²) in [7, 11) is 0. The van der Waals surface area contributed by atoms with E-state index in [4.69, 9.17) is 5.73 Å². The van der Waals surface area contributed by atoms with Crippen LogP contribution in [0.2, 0.25) is 0 Å². The molecule has 0 aliphatic heterocycles. The van der Waals surface area contributed by atoms with Crippen molar-refractivity contribution >= 4 is 28.2 Å². The number of fused-ring (bicyclic) bond motifs is 1. The minimum absolute atomic E-state index is 0.477. The maximum Gasteiger partial charge on any atom is 0.167 e. The Morgan fingerprint density at radius 1 is 1.00 bits per heavy atom. The van der Waals surface area contributed by atoms with E-state index in [-0.39, 0.29) is 0 Å². The molecule has 0 aliphatic carbocycles. The van der Waals surface area contributed by atoms with Crippen molar-refractivity contribution in [3.63, 3.8) is 0 Å². The molecule has 6 nitrogen and oxygen atoms in total. The van der Waals surface area contributed by atoms with E-state index in [1.165, 1.54) is 11.9 Å². The molecule has 2 aromatic heterocycles. The van der Waals surface area contributed by atoms with Gasteiger partial charge in [-0.1, -0.05) is 31.2 Å². The quantitative estimate of drug-likeness (QED) is 0.596. The lowest BCUT2D eigenvalue weighted by Gasteiger charge is -2.12. The summed E-state index contributed by atoms with van der Waals surface area (Å²) in [6.45, 7) is 2.13. The third-order valence-corrected chi connectivity index (χ3v) is 4.17. The lowest BCUT2D eigenvalue weighted by atomic mass is 10.1. The first-order valence-electron chi connectivity index (χ1n) is 8.15. The lowest BCUT2D eigenvalue weighted by Crippen LogP contribution is -2.07. The van der Waals surface area contributed by atoms with Crippen molar-refractivity contribution in [2.24, 2.45) is 0 Å². The molecule has 0 spiro atoms. The van der Waals surface area contributed by atoms with Crippen molar-refractivity contribution in [2.75, 3.05) is 11.1 Å². The van der Waals surface area contributed by atoms with E-state index in [0.717, 1.165) is 23.1 Å². The van der Waals surface area contributed by atoms with Gasteiger partial charge in [-0.2, -0.15) is 0 Å². The largest absolute Gasteiger partial charge is 0.393 e. The standard InChI is InChI=1S/C19H18N6/c1-2-13-7-9-14(10-8-13)24-18-17(20)19(22-11-21-18)25-12-23-15-5-3-4-6-16(15)25/h3-12H,2,20H2,1H3,(H,21,22,24). The Hall–Kier alpha value is -3.41. The minimum atomic E-state index is 0.477. The van der Waals surface area contributed by atoms with Crippen LogP contribution in [0.3, 0.4) is 0 Å². The van der Waals surface area contributed by atoms with Gasteiger partial charge in [0, 0.05) is 5.69 Å². The number of rotatable bonds is 4. The van der Waals surface area contributed by atoms with E-state index in [9.17, 15) is 0 Å². The summed E-state index contributed by atoms with van der Waals surface area (Å²) in [4.78, 5) is 13.0. The van der Waals surface area contributed by atoms with Gasteiger partial charge in [0.05, 0.1) is 11.0 Å². The summed E-state index contributed by atoms with van der Waals surface area (Å²) in [5.74, 6) is 1.18. The molecular weight excluding hydrogens is 312 g/mol. The van der Waals surface area contributed by atoms with Gasteiger partial charge in [0.1, 0.15) is 18.3 Å². The van der Waals surface area contributed by atoms with Gasteiger partial charge >= 0.3 is 0 Å². The van der Waals surface area contributed by atoms with Gasteiger partial charge in [0.15, 0.2) is 11.6 Å². The molecule has 0 saturated heterocycles. The zero-order valence-electron chi connectivity index (χ0n) is 13.8. The van der Waals surface area contributed by atoms with E-state index in [1.807, 2.05) is 41.0 Å². The van der Waals surface area contributed by atoms with Crippen molar-refractivity contribution < 1.29 is 0 Å². The Kier molecular flexibility index (Phi) is 3.78. The molecule has 0 saturated carbocycles. The lowest BCUT2D eigenvalue weighted by molar-refractivity contribution is 1.00. The number of nitrogens with zero attached hydrogens (tertiary/aromatic N) is 4. The number of para-hydroxylation sites is 2. The smallest absolute Gasteiger partial charge is 0.167 e. The highest BCUT2D eigenvalue weighted by Gasteiger charge is 2.12. The Bertz CT molecular complexity index is 1020. The van der Waals surface area contributed by atoms with Gasteiger partial charge in [-0.05, 0) is 36.2 Å². The number of nitrogens with two attached hydrogens (primary N) is 1. The third-order valence-electron chi connectivity index (χ3n) is 4.17. The Labute approximate surface area is 145 Å². The van der Waals surface area contributed by atoms with Crippen molar-refractivity contribution in [3.8, 4) is 5.82 Å². The van der Waals surface area contributed by atoms with Crippen LogP contribution in [0.4, 0.5) is 17.2 Å². The van der Waals surface area contributed by atoms with Gasteiger partial charge in [-0.25, -0.2) is 15.0 Å². The number of aromatic nitrogens is 4. The maximum atomic E-state index is 6.33. The Morgan fingerprint density at radius 3 is 2.60 bits per heavy atom. The molecule has 124 valence electrons. The van der Waals surface area contributed by atoms with Crippen molar-refractivity contribution in [1.29, 1.82) is 0 Å². The number of nitrogen functional groups attached to an aromatic ring is 1. The normalized spacial score (nSPS) is 10.9. The third kappa shape index (κ3) is 2.78. The first kappa shape index (κ1) is 15.1. The van der Waals surface area contributed by atoms with Crippen LogP contribution in [0.15, 0.2) is 61.2 Å². The summed E-state index contributed by atoms with van der Waals surface area (Å²) < 4.78 is 1.87. The highest BCUT2D eigenvalue weighted by molar-refractivity contribution is 5.81. The summed E-state index contributed by atoms with van der Waals surface area (Å²) in [6, 6.07) is 16.1. The number of hydrogen-bond donors (Lipinski definition) is 2. The molecule has 0 radical (unpaired) electrons. The average molecular weight is 330 g/mol. The highest BCUT2D eigenvalue weighted by Crippen LogP contribution is 2.27. The Morgan fingerprint density at radius 2 is 1.80 bits per heavy atom. The molecular formula is C19H18N6. The predicted octanol–water partition coefficient (Wildman–Crippen LogP) is 3.70. The molecule has 2 aromatic carbocycles. The molecule has 0 amide bonds. The first-order valence-corrected chi connectivity index (χ1v) is 8.15. The Balaban J connectivity index is 1.72. The molecule has 0 fully saturated rings. The van der Waals surface area contributed by atoms with Crippen LogP contribution in [-0.2, 0) is 6.42 Å². The van der Waals surface area contributed by atoms with Crippen molar-refractivity contribution in [3.05, 3.63) is 66.7 Å². The first-order chi connectivity index (χ1) is 12.3. The van der Waals surface area contributed by atoms with Crippen LogP contribution in [0.1, 0.15) is 12.5 Å². The second-order valence-electron chi connectivity index (χ2n) is 5.74. The topological polar surface area (TPSA) is 81.7 Å². The molecule has 25 heavy (non-hydrogen) atoms. The SMILES string of the molecule is CCc1ccc(Nc2ncnc(-n3cnc4ccccc43)c2N)cc1. The van der Waals surface area contributed by atoms with Gasteiger partial charge < -0.3 is 11.1 Å². The van der Waals surface area contributed by atoms with Crippen LogP contribution in [0.25, 0.3) is 16.9 Å². The predicted molar refractivity (Wildman–Crippen MR) is 100 cm³/mol. The molecule has 0 unspecified atom stereocenters. The molecule has 2 heterocycles. The van der Waals surface area contributed by atoms with Crippen LogP contribution in [0.5, 0.6) is 0 Å². The van der Waals surface area contributed by atoms with E-state index in [1.54, 1.807) is 6.33 Å². The molecule has 4 aromatic rings. The zero-order valence-corrected chi connectivity index (χ0v) is 13.8. The van der Waals surface area contributed by atoms with E-state index >= 15 is 0 Å². The zero-order chi connectivity index (χ0) is 17.2. The number of anilines is 3. The van der Waals surface area contributed by atoms with Crippen LogP contribution >= 0.6 is 0 Å². The van der Waals surface area contributed by atoms with E-state index in [2.05, 4.69) is 39.3 Å². The van der Waals surface area contributed by atoms with E-state index < -0.39 is 0 Å². The second-order valence-corrected chi connectivity index (χ2v) is 5.74. The van der Waals surface area contributed by atoms with Gasteiger partial charge in [-0.3, -0.25) is 4.57 Å². The summed E-state index contributed by atoms with van der Waals surface area (Å²) in [5, 5.41) is 3.26. The van der Waals surface area contributed by atoms with E-state index in [0.29, 0.717) is 17.3 Å². The highest BCUT2D eigenvalue weighted by atomic mass is 15.2. The number of aryl methyl sites for hydroxylation is 1. The van der Waals surface area contributed by atoms with Crippen LogP contribution < -0.4 is 11.1 Å². The van der Waals surface area contributed by atoms with Gasteiger partial charge in [0.2, 0.25) is 0 Å².